The van der Waals surface area contributed by atoms with Gasteiger partial charge in [0.05, 0.1) is 0 Å². The Morgan fingerprint density at radius 1 is 0.645 bits per heavy atom. The molecule has 0 bridgehead atoms. The fourth-order valence-electron chi connectivity index (χ4n) is 4.56. The third kappa shape index (κ3) is 3.67. The third-order valence-electron chi connectivity index (χ3n) is 6.24. The van der Waals surface area contributed by atoms with E-state index >= 15 is 0 Å². The van der Waals surface area contributed by atoms with Crippen LogP contribution < -0.4 is 20.7 Å². The van der Waals surface area contributed by atoms with Crippen molar-refractivity contribution in [3.63, 3.8) is 0 Å². The first-order chi connectivity index (χ1) is 15.0. The molecule has 0 fully saturated rings. The topological polar surface area (TPSA) is 9.23 Å². The predicted octanol–water partition coefficient (Wildman–Crippen LogP) is 6.50. The average Bonchev–Trinajstić information content (AvgIpc) is 2.83. The van der Waals surface area contributed by atoms with Gasteiger partial charge in [-0.2, -0.15) is 0 Å². The second-order valence-corrected chi connectivity index (χ2v) is 14.6. The summed E-state index contributed by atoms with van der Waals surface area (Å²) < 4.78 is 5.52. The van der Waals surface area contributed by atoms with E-state index in [0.29, 0.717) is 0 Å². The second-order valence-electron chi connectivity index (χ2n) is 8.09. The minimum absolute atomic E-state index is 0.743. The van der Waals surface area contributed by atoms with Crippen LogP contribution in [0, 0.1) is 13.8 Å². The Morgan fingerprint density at radius 3 is 1.32 bits per heavy atom. The number of halogens is 1. The van der Waals surface area contributed by atoms with Crippen LogP contribution in [0.2, 0.25) is 0 Å². The Bertz CT molecular complexity index is 1050. The summed E-state index contributed by atoms with van der Waals surface area (Å²) >= 11 is 8.23. The van der Waals surface area contributed by atoms with Crippen molar-refractivity contribution < 1.29 is 4.74 Å². The van der Waals surface area contributed by atoms with Gasteiger partial charge in [-0.25, -0.2) is 0 Å². The molecule has 158 valence electrons. The molecule has 3 heteroatoms. The van der Waals surface area contributed by atoms with Gasteiger partial charge in [-0.1, -0.05) is 0 Å². The van der Waals surface area contributed by atoms with E-state index in [0.717, 1.165) is 11.9 Å². The Labute approximate surface area is 190 Å². The molecule has 0 radical (unpaired) electrons. The molecule has 4 aromatic rings. The predicted molar refractivity (Wildman–Crippen MR) is 137 cm³/mol. The number of aryl methyl sites for hydroxylation is 2. The summed E-state index contributed by atoms with van der Waals surface area (Å²) in [7, 11) is 1.72. The van der Waals surface area contributed by atoms with E-state index in [2.05, 4.69) is 117 Å². The minimum atomic E-state index is -3.34. The SMILES string of the molecule is COc1cc(C)c(CP(Cl)(c2ccccc2)(c2ccccc2)c2ccccc2)c(C)c1. The number of benzene rings is 4. The van der Waals surface area contributed by atoms with Gasteiger partial charge in [0.1, 0.15) is 0 Å². The van der Waals surface area contributed by atoms with Crippen molar-refractivity contribution in [1.29, 1.82) is 0 Å². The molecule has 4 rings (SSSR count). The molecule has 0 saturated heterocycles. The van der Waals surface area contributed by atoms with Crippen LogP contribution in [-0.4, -0.2) is 7.11 Å². The van der Waals surface area contributed by atoms with E-state index in [1.54, 1.807) is 7.11 Å². The molecule has 0 saturated carbocycles. The van der Waals surface area contributed by atoms with Gasteiger partial charge >= 0.3 is 191 Å². The van der Waals surface area contributed by atoms with Crippen LogP contribution in [0.5, 0.6) is 5.75 Å². The summed E-state index contributed by atoms with van der Waals surface area (Å²) in [5.41, 5.74) is 3.69. The van der Waals surface area contributed by atoms with Gasteiger partial charge in [0.2, 0.25) is 0 Å². The average molecular weight is 447 g/mol. The van der Waals surface area contributed by atoms with Crippen LogP contribution in [0.15, 0.2) is 103 Å². The fourth-order valence-corrected chi connectivity index (χ4v) is 10.8. The molecule has 0 aliphatic rings. The van der Waals surface area contributed by atoms with Crippen LogP contribution in [-0.2, 0) is 6.16 Å². The van der Waals surface area contributed by atoms with Crippen LogP contribution in [0.4, 0.5) is 0 Å². The van der Waals surface area contributed by atoms with Gasteiger partial charge in [0, 0.05) is 0 Å². The second kappa shape index (κ2) is 8.50. The number of rotatable bonds is 6. The van der Waals surface area contributed by atoms with E-state index in [-0.39, 0.29) is 0 Å². The first-order valence-corrected chi connectivity index (χ1v) is 13.8. The summed E-state index contributed by atoms with van der Waals surface area (Å²) in [5, 5.41) is 3.55. The molecule has 0 atom stereocenters. The molecular weight excluding hydrogens is 419 g/mol. The Kier molecular flexibility index (Phi) is 5.93. The summed E-state index contributed by atoms with van der Waals surface area (Å²) in [5.74, 6) is -2.46. The molecule has 0 aromatic heterocycles. The molecule has 4 aromatic carbocycles. The van der Waals surface area contributed by atoms with Crippen LogP contribution in [0.3, 0.4) is 0 Å². The molecule has 0 aliphatic heterocycles. The zero-order valence-electron chi connectivity index (χ0n) is 18.3. The Balaban J connectivity index is 2.10. The van der Waals surface area contributed by atoms with Crippen molar-refractivity contribution >= 4 is 33.1 Å². The summed E-state index contributed by atoms with van der Waals surface area (Å²) in [6, 6.07) is 36.1. The molecule has 0 heterocycles. The van der Waals surface area contributed by atoms with Gasteiger partial charge in [0.25, 0.3) is 0 Å². The van der Waals surface area contributed by atoms with Crippen molar-refractivity contribution in [2.24, 2.45) is 0 Å². The normalized spacial score (nSPS) is 12.7. The standard InChI is InChI=1S/C28H28ClOP/c1-22-19-24(30-3)20-23(2)28(22)21-31(29,25-13-7-4-8-14-25,26-15-9-5-10-16-26)27-17-11-6-12-18-27/h4-20H,21H2,1-3H3. The van der Waals surface area contributed by atoms with E-state index in [4.69, 9.17) is 16.0 Å². The van der Waals surface area contributed by atoms with Gasteiger partial charge in [-0.15, -0.1) is 0 Å². The van der Waals surface area contributed by atoms with Crippen LogP contribution in [0.25, 0.3) is 0 Å². The maximum atomic E-state index is 8.23. The van der Waals surface area contributed by atoms with E-state index in [1.807, 2.05) is 0 Å². The van der Waals surface area contributed by atoms with E-state index in [9.17, 15) is 0 Å². The zero-order valence-corrected chi connectivity index (χ0v) is 19.9. The molecular formula is C28H28ClOP. The molecule has 0 N–H and O–H groups in total. The quantitative estimate of drug-likeness (QED) is 0.307. The zero-order chi connectivity index (χ0) is 21.9. The molecule has 31 heavy (non-hydrogen) atoms. The van der Waals surface area contributed by atoms with Crippen molar-refractivity contribution in [2.45, 2.75) is 20.0 Å². The van der Waals surface area contributed by atoms with Crippen molar-refractivity contribution in [3.8, 4) is 5.75 Å². The van der Waals surface area contributed by atoms with Gasteiger partial charge in [0.15, 0.2) is 0 Å². The van der Waals surface area contributed by atoms with Gasteiger partial charge in [-0.3, -0.25) is 0 Å². The maximum absolute atomic E-state index is 8.23. The van der Waals surface area contributed by atoms with Gasteiger partial charge in [-0.05, 0) is 0 Å². The van der Waals surface area contributed by atoms with Crippen molar-refractivity contribution in [3.05, 3.63) is 120 Å². The summed E-state index contributed by atoms with van der Waals surface area (Å²) in [6.07, 6.45) is 0.743. The van der Waals surface area contributed by atoms with Crippen molar-refractivity contribution in [2.75, 3.05) is 7.11 Å². The summed E-state index contributed by atoms with van der Waals surface area (Å²) in [4.78, 5) is 0. The molecule has 0 aliphatic carbocycles. The van der Waals surface area contributed by atoms with E-state index < -0.39 is 5.96 Å². The monoisotopic (exact) mass is 446 g/mol. The third-order valence-corrected chi connectivity index (χ3v) is 13.4. The first kappa shape index (κ1) is 21.6. The van der Waals surface area contributed by atoms with Gasteiger partial charge < -0.3 is 0 Å². The first-order valence-electron chi connectivity index (χ1n) is 10.5. The molecule has 1 nitrogen and oxygen atoms in total. The number of methoxy groups -OCH3 is 1. The molecule has 0 amide bonds. The molecule has 0 spiro atoms. The number of ether oxygens (including phenoxy) is 1. The summed E-state index contributed by atoms with van der Waals surface area (Å²) in [6.45, 7) is 4.31. The van der Waals surface area contributed by atoms with Crippen LogP contribution in [0.1, 0.15) is 16.7 Å². The van der Waals surface area contributed by atoms with Crippen LogP contribution >= 0.6 is 17.2 Å². The molecule has 0 unspecified atom stereocenters. The number of hydrogen-bond donors (Lipinski definition) is 0. The van der Waals surface area contributed by atoms with E-state index in [1.165, 1.54) is 32.6 Å². The Morgan fingerprint density at radius 2 is 1.00 bits per heavy atom. The number of hydrogen-bond acceptors (Lipinski definition) is 1. The Hall–Kier alpha value is -2.60. The fraction of sp³-hybridized carbons (Fsp3) is 0.143. The van der Waals surface area contributed by atoms with Crippen molar-refractivity contribution in [1.82, 2.24) is 0 Å².